The number of nitrogens with two attached hydrogens (primary N) is 3. The molecule has 0 heterocycles. The Kier molecular flexibility index (Phi) is 30.2. The van der Waals surface area contributed by atoms with Crippen molar-refractivity contribution in [2.24, 2.45) is 17.2 Å². The molecule has 73 heavy (non-hydrogen) atoms. The largest absolute Gasteiger partial charge is 0.481 e. The number of hydrogen-bond donors (Lipinski definition) is 14. The lowest BCUT2D eigenvalue weighted by atomic mass is 10.0. The zero-order valence-electron chi connectivity index (χ0n) is 42.7. The Bertz CT molecular complexity index is 2020. The highest BCUT2D eigenvalue weighted by Crippen LogP contribution is 2.25. The Labute approximate surface area is 439 Å². The SMILES string of the molecule is CSCC(=O)N[C@@H](CCCCN)C(=O)N[C@@H](CSC(C)(C)C)C(=O)N[C@@H](CCCNC(=N)N)C(=O)NCC(=O)N[C@@H](CC(=O)O)C(=O)N[C@@H](CSC(C)(C)C)C(=O)N[C@@H](Cc1ccccc1)C(=O)NCC(N)=O. The third-order valence-corrected chi connectivity index (χ3v) is 13.2. The fourth-order valence-corrected chi connectivity index (χ4v) is 8.47. The van der Waals surface area contributed by atoms with Crippen LogP contribution in [-0.4, -0.2) is 166 Å². The van der Waals surface area contributed by atoms with Gasteiger partial charge >= 0.3 is 5.97 Å². The third kappa shape index (κ3) is 30.1. The second-order valence-corrected chi connectivity index (χ2v) is 23.3. The van der Waals surface area contributed by atoms with Crippen molar-refractivity contribution in [3.63, 3.8) is 0 Å². The number of hydrogen-bond acceptors (Lipinski definition) is 15. The van der Waals surface area contributed by atoms with Crippen molar-refractivity contribution in [1.29, 1.82) is 5.41 Å². The maximum Gasteiger partial charge on any atom is 0.305 e. The Hall–Kier alpha value is -5.80. The smallest absolute Gasteiger partial charge is 0.305 e. The summed E-state index contributed by atoms with van der Waals surface area (Å²) in [5.74, 6) is -8.88. The summed E-state index contributed by atoms with van der Waals surface area (Å²) in [6.07, 6.45) is 2.24. The van der Waals surface area contributed by atoms with Gasteiger partial charge in [-0.25, -0.2) is 0 Å². The molecule has 410 valence electrons. The zero-order chi connectivity index (χ0) is 55.3. The number of primary amides is 1. The van der Waals surface area contributed by atoms with Crippen LogP contribution in [0.4, 0.5) is 0 Å². The van der Waals surface area contributed by atoms with Gasteiger partial charge in [0, 0.05) is 34.0 Å². The van der Waals surface area contributed by atoms with Crippen LogP contribution in [0.5, 0.6) is 0 Å². The summed E-state index contributed by atoms with van der Waals surface area (Å²) >= 11 is 3.89. The second-order valence-electron chi connectivity index (χ2n) is 18.7. The first-order valence-corrected chi connectivity index (χ1v) is 27.0. The Morgan fingerprint density at radius 1 is 0.589 bits per heavy atom. The normalized spacial score (nSPS) is 13.8. The van der Waals surface area contributed by atoms with Gasteiger partial charge in [0.15, 0.2) is 5.96 Å². The Morgan fingerprint density at radius 2 is 1.05 bits per heavy atom. The van der Waals surface area contributed by atoms with E-state index in [9.17, 15) is 53.1 Å². The van der Waals surface area contributed by atoms with E-state index < -0.39 is 114 Å². The van der Waals surface area contributed by atoms with Gasteiger partial charge in [-0.15, -0.1) is 0 Å². The number of carboxylic acids is 1. The molecule has 0 aliphatic rings. The van der Waals surface area contributed by atoms with E-state index in [-0.39, 0.29) is 66.1 Å². The van der Waals surface area contributed by atoms with Crippen LogP contribution in [0.1, 0.15) is 85.6 Å². The van der Waals surface area contributed by atoms with Gasteiger partial charge in [0.25, 0.3) is 0 Å². The summed E-state index contributed by atoms with van der Waals surface area (Å²) in [6.45, 7) is 10.4. The summed E-state index contributed by atoms with van der Waals surface area (Å²) in [7, 11) is 0. The van der Waals surface area contributed by atoms with Gasteiger partial charge in [-0.1, -0.05) is 71.9 Å². The monoisotopic (exact) mass is 1080 g/mol. The molecule has 6 atom stereocenters. The van der Waals surface area contributed by atoms with Crippen molar-refractivity contribution in [2.75, 3.05) is 49.7 Å². The Balaban J connectivity index is 3.39. The highest BCUT2D eigenvalue weighted by Gasteiger charge is 2.34. The molecule has 1 aromatic rings. The molecule has 1 aromatic carbocycles. The molecular formula is C46H77N13O11S3. The number of nitrogens with one attached hydrogen (secondary N) is 10. The lowest BCUT2D eigenvalue weighted by molar-refractivity contribution is -0.141. The van der Waals surface area contributed by atoms with E-state index in [1.165, 1.54) is 35.3 Å². The molecule has 0 saturated heterocycles. The predicted molar refractivity (Wildman–Crippen MR) is 284 cm³/mol. The minimum Gasteiger partial charge on any atom is -0.481 e. The maximum absolute atomic E-state index is 14.0. The van der Waals surface area contributed by atoms with Crippen LogP contribution in [-0.2, 0) is 54.4 Å². The summed E-state index contributed by atoms with van der Waals surface area (Å²) in [4.78, 5) is 132. The first-order valence-electron chi connectivity index (χ1n) is 23.6. The number of rotatable bonds is 34. The van der Waals surface area contributed by atoms with E-state index in [4.69, 9.17) is 22.6 Å². The average Bonchev–Trinajstić information content (AvgIpc) is 3.29. The van der Waals surface area contributed by atoms with Crippen LogP contribution >= 0.6 is 35.3 Å². The van der Waals surface area contributed by atoms with Gasteiger partial charge in [0.05, 0.1) is 25.3 Å². The molecule has 0 radical (unpaired) electrons. The van der Waals surface area contributed by atoms with Crippen molar-refractivity contribution in [2.45, 2.75) is 132 Å². The quantitative estimate of drug-likeness (QED) is 0.0205. The lowest BCUT2D eigenvalue weighted by Gasteiger charge is -2.27. The summed E-state index contributed by atoms with van der Waals surface area (Å²) in [6, 6.07) is 0.693. The number of carbonyl (C=O) groups excluding carboxylic acids is 9. The number of guanidine groups is 1. The van der Waals surface area contributed by atoms with Gasteiger partial charge < -0.3 is 70.2 Å². The van der Waals surface area contributed by atoms with Gasteiger partial charge in [-0.2, -0.15) is 35.3 Å². The number of benzene rings is 1. The first-order chi connectivity index (χ1) is 34.1. The van der Waals surface area contributed by atoms with E-state index >= 15 is 0 Å². The topological polar surface area (TPSA) is 401 Å². The molecule has 27 heteroatoms. The standard InChI is InChI=1S/C46H77N13O11S3/c1-45(2,3)72-24-32(58-40(67)29(16-11-12-18-47)54-36(62)26-71-7)42(69)56-28(17-13-19-51-44(49)50)38(65)53-23-35(61)55-31(21-37(63)64)41(68)59-33(25-73-46(4,5)6)43(70)57-30(39(66)52-22-34(48)60)20-27-14-9-8-10-15-27/h8-10,14-15,28-33H,11-13,16-26,47H2,1-7H3,(H2,48,60)(H,52,66)(H,53,65)(H,54,62)(H,55,61)(H,56,69)(H,57,70)(H,58,67)(H,59,68)(H,63,64)(H4,49,50,51)/t28-,29-,30-,31-,32-,33-/m0/s1. The number of unbranched alkanes of at least 4 members (excludes halogenated alkanes) is 1. The highest BCUT2D eigenvalue weighted by molar-refractivity contribution is 8.00. The fourth-order valence-electron chi connectivity index (χ4n) is 6.32. The molecule has 0 fully saturated rings. The van der Waals surface area contributed by atoms with Gasteiger partial charge in [-0.05, 0) is 50.5 Å². The minimum absolute atomic E-state index is 0.0170. The molecule has 0 saturated carbocycles. The van der Waals surface area contributed by atoms with E-state index in [0.717, 1.165) is 0 Å². The first kappa shape index (κ1) is 65.2. The van der Waals surface area contributed by atoms with Crippen LogP contribution in [0.3, 0.4) is 0 Å². The lowest BCUT2D eigenvalue weighted by Crippen LogP contribution is -2.59. The predicted octanol–water partition coefficient (Wildman–Crippen LogP) is -1.85. The van der Waals surface area contributed by atoms with Crippen LogP contribution in [0, 0.1) is 5.41 Å². The second kappa shape index (κ2) is 33.8. The number of carbonyl (C=O) groups is 10. The summed E-state index contributed by atoms with van der Waals surface area (Å²) < 4.78 is -0.815. The van der Waals surface area contributed by atoms with Gasteiger partial charge in [0.1, 0.15) is 36.3 Å². The fraction of sp³-hybridized carbons (Fsp3) is 0.630. The molecule has 0 aliphatic heterocycles. The van der Waals surface area contributed by atoms with Crippen molar-refractivity contribution in [3.8, 4) is 0 Å². The van der Waals surface area contributed by atoms with Crippen molar-refractivity contribution in [1.82, 2.24) is 47.9 Å². The molecule has 1 rings (SSSR count). The average molecular weight is 1080 g/mol. The Morgan fingerprint density at radius 3 is 1.56 bits per heavy atom. The number of amides is 9. The maximum atomic E-state index is 14.0. The van der Waals surface area contributed by atoms with Crippen LogP contribution in [0.15, 0.2) is 30.3 Å². The minimum atomic E-state index is -1.78. The van der Waals surface area contributed by atoms with Crippen molar-refractivity contribution < 1.29 is 53.1 Å². The van der Waals surface area contributed by atoms with E-state index in [0.29, 0.717) is 24.9 Å². The van der Waals surface area contributed by atoms with E-state index in [2.05, 4.69) is 47.9 Å². The van der Waals surface area contributed by atoms with Crippen LogP contribution < -0.4 is 65.1 Å². The van der Waals surface area contributed by atoms with E-state index in [1.54, 1.807) is 36.6 Å². The van der Waals surface area contributed by atoms with Gasteiger partial charge in [0.2, 0.25) is 53.2 Å². The molecule has 0 aromatic heterocycles. The molecule has 0 unspecified atom stereocenters. The van der Waals surface area contributed by atoms with Crippen molar-refractivity contribution in [3.05, 3.63) is 35.9 Å². The third-order valence-electron chi connectivity index (χ3n) is 9.93. The van der Waals surface area contributed by atoms with Crippen LogP contribution in [0.25, 0.3) is 0 Å². The molecule has 24 nitrogen and oxygen atoms in total. The molecule has 0 spiro atoms. The highest BCUT2D eigenvalue weighted by atomic mass is 32.2. The number of carboxylic acid groups (broad SMARTS) is 1. The van der Waals surface area contributed by atoms with Crippen molar-refractivity contribution >= 4 is 100 Å². The number of thioether (sulfide) groups is 3. The molecule has 0 aliphatic carbocycles. The molecule has 9 amide bonds. The van der Waals surface area contributed by atoms with E-state index in [1.807, 2.05) is 41.5 Å². The molecule has 0 bridgehead atoms. The molecule has 17 N–H and O–H groups in total. The zero-order valence-corrected chi connectivity index (χ0v) is 45.2. The summed E-state index contributed by atoms with van der Waals surface area (Å²) in [5, 5.41) is 40.1. The molecular weight excluding hydrogens is 1010 g/mol. The van der Waals surface area contributed by atoms with Gasteiger partial charge in [-0.3, -0.25) is 53.4 Å². The number of aliphatic carboxylic acids is 1. The van der Waals surface area contributed by atoms with Crippen LogP contribution in [0.2, 0.25) is 0 Å². The summed E-state index contributed by atoms with van der Waals surface area (Å²) in [5.41, 5.74) is 17.0.